The average molecular weight is 433 g/mol. The zero-order valence-corrected chi connectivity index (χ0v) is 16.8. The van der Waals surface area contributed by atoms with Gasteiger partial charge in [0.1, 0.15) is 12.4 Å². The lowest BCUT2D eigenvalue weighted by atomic mass is 10.2. The van der Waals surface area contributed by atoms with Crippen LogP contribution >= 0.6 is 35.0 Å². The van der Waals surface area contributed by atoms with E-state index in [9.17, 15) is 9.59 Å². The van der Waals surface area contributed by atoms with Gasteiger partial charge in [0.15, 0.2) is 5.17 Å². The Balaban J connectivity index is 1.75. The molecule has 1 aliphatic rings. The monoisotopic (exact) mass is 432 g/mol. The molecule has 0 unspecified atom stereocenters. The van der Waals surface area contributed by atoms with Gasteiger partial charge in [0.2, 0.25) is 0 Å². The van der Waals surface area contributed by atoms with Crippen molar-refractivity contribution in [2.24, 2.45) is 4.99 Å². The summed E-state index contributed by atoms with van der Waals surface area (Å²) in [7, 11) is 0. The van der Waals surface area contributed by atoms with E-state index in [2.05, 4.69) is 16.9 Å². The van der Waals surface area contributed by atoms with Gasteiger partial charge in [-0.1, -0.05) is 41.9 Å². The van der Waals surface area contributed by atoms with E-state index in [0.717, 1.165) is 17.3 Å². The summed E-state index contributed by atoms with van der Waals surface area (Å²) in [6, 6.07) is 11.5. The van der Waals surface area contributed by atoms with Crippen molar-refractivity contribution in [3.63, 3.8) is 0 Å². The number of nitrogens with one attached hydrogen (secondary N) is 1. The molecule has 3 rings (SSSR count). The van der Waals surface area contributed by atoms with Crippen molar-refractivity contribution in [2.45, 2.75) is 0 Å². The first-order chi connectivity index (χ1) is 13.5. The fraction of sp³-hybridized carbons (Fsp3) is 0.0500. The minimum Gasteiger partial charge on any atom is -0.488 e. The van der Waals surface area contributed by atoms with Crippen LogP contribution < -0.4 is 10.1 Å². The van der Waals surface area contributed by atoms with Crippen molar-refractivity contribution in [2.75, 3.05) is 6.61 Å². The smallest absolute Gasteiger partial charge is 0.279 e. The average Bonchev–Trinajstić information content (AvgIpc) is 3.00. The van der Waals surface area contributed by atoms with Gasteiger partial charge in [0.25, 0.3) is 11.8 Å². The third-order valence-corrected chi connectivity index (χ3v) is 5.01. The van der Waals surface area contributed by atoms with Crippen LogP contribution in [0.25, 0.3) is 6.08 Å². The number of ether oxygens (including phenoxy) is 1. The minimum atomic E-state index is -0.465. The van der Waals surface area contributed by atoms with Crippen LogP contribution in [0.2, 0.25) is 10.0 Å². The van der Waals surface area contributed by atoms with E-state index in [1.807, 2.05) is 0 Å². The number of hydrogen-bond acceptors (Lipinski definition) is 4. The Morgan fingerprint density at radius 2 is 1.96 bits per heavy atom. The standard InChI is InChI=1S/C20H14Cl2N2O3S/c1-2-9-27-16-8-3-12(10-15(16)22)11-17-19(26)24-20(28-17)23-18(25)13-4-6-14(21)7-5-13/h2-8,10-11H,1,9H2,(H,23,24,25,26)/b17-11-. The molecule has 1 saturated heterocycles. The summed E-state index contributed by atoms with van der Waals surface area (Å²) in [5.41, 5.74) is 1.10. The van der Waals surface area contributed by atoms with Crippen molar-refractivity contribution >= 4 is 58.0 Å². The molecule has 2 amide bonds. The molecule has 28 heavy (non-hydrogen) atoms. The number of aliphatic imine (C=N–C) groups is 1. The van der Waals surface area contributed by atoms with E-state index >= 15 is 0 Å². The van der Waals surface area contributed by atoms with Crippen molar-refractivity contribution in [1.29, 1.82) is 0 Å². The number of rotatable bonds is 5. The fourth-order valence-electron chi connectivity index (χ4n) is 2.25. The second-order valence-corrected chi connectivity index (χ2v) is 7.46. The number of thioether (sulfide) groups is 1. The molecule has 0 aromatic heterocycles. The van der Waals surface area contributed by atoms with Crippen LogP contribution in [-0.4, -0.2) is 23.6 Å². The number of nitrogens with zero attached hydrogens (tertiary/aromatic N) is 1. The molecular formula is C20H14Cl2N2O3S. The molecule has 0 radical (unpaired) electrons. The van der Waals surface area contributed by atoms with Crippen LogP contribution in [0.4, 0.5) is 0 Å². The molecule has 0 aliphatic carbocycles. The topological polar surface area (TPSA) is 67.8 Å². The first-order valence-corrected chi connectivity index (χ1v) is 9.66. The maximum absolute atomic E-state index is 12.2. The number of hydrogen-bond donors (Lipinski definition) is 1. The second kappa shape index (κ2) is 9.10. The lowest BCUT2D eigenvalue weighted by molar-refractivity contribution is -0.115. The molecule has 0 bridgehead atoms. The highest BCUT2D eigenvalue weighted by molar-refractivity contribution is 8.18. The summed E-state index contributed by atoms with van der Waals surface area (Å²) in [5, 5.41) is 3.74. The number of amides is 2. The molecule has 2 aromatic rings. The Kier molecular flexibility index (Phi) is 6.57. The van der Waals surface area contributed by atoms with E-state index in [4.69, 9.17) is 27.9 Å². The molecule has 0 saturated carbocycles. The van der Waals surface area contributed by atoms with Crippen molar-refractivity contribution in [1.82, 2.24) is 5.32 Å². The minimum absolute atomic E-state index is 0.216. The molecule has 1 fully saturated rings. The zero-order valence-electron chi connectivity index (χ0n) is 14.4. The van der Waals surface area contributed by atoms with E-state index < -0.39 is 5.91 Å². The molecule has 2 aromatic carbocycles. The van der Waals surface area contributed by atoms with Crippen LogP contribution in [0.3, 0.4) is 0 Å². The number of halogens is 2. The van der Waals surface area contributed by atoms with E-state index in [0.29, 0.717) is 32.9 Å². The lowest BCUT2D eigenvalue weighted by Gasteiger charge is -2.06. The molecule has 142 valence electrons. The fourth-order valence-corrected chi connectivity index (χ4v) is 3.44. The maximum Gasteiger partial charge on any atom is 0.279 e. The van der Waals surface area contributed by atoms with Crippen molar-refractivity contribution < 1.29 is 14.3 Å². The highest BCUT2D eigenvalue weighted by Crippen LogP contribution is 2.30. The molecular weight excluding hydrogens is 419 g/mol. The van der Waals surface area contributed by atoms with Gasteiger partial charge < -0.3 is 10.1 Å². The van der Waals surface area contributed by atoms with Crippen molar-refractivity contribution in [3.05, 3.63) is 81.2 Å². The predicted octanol–water partition coefficient (Wildman–Crippen LogP) is 4.96. The summed E-state index contributed by atoms with van der Waals surface area (Å²) in [6.45, 7) is 3.93. The Labute approximate surface area is 176 Å². The van der Waals surface area contributed by atoms with Gasteiger partial charge in [-0.3, -0.25) is 9.59 Å². The van der Waals surface area contributed by atoms with Gasteiger partial charge in [-0.05, 0) is 59.8 Å². The number of benzene rings is 2. The Morgan fingerprint density at radius 3 is 2.64 bits per heavy atom. The number of carbonyl (C=O) groups is 2. The quantitative estimate of drug-likeness (QED) is 0.535. The molecule has 8 heteroatoms. The first-order valence-electron chi connectivity index (χ1n) is 8.09. The van der Waals surface area contributed by atoms with E-state index in [-0.39, 0.29) is 11.1 Å². The van der Waals surface area contributed by atoms with Crippen molar-refractivity contribution in [3.8, 4) is 5.75 Å². The van der Waals surface area contributed by atoms with Crippen LogP contribution in [0.15, 0.2) is 65.0 Å². The lowest BCUT2D eigenvalue weighted by Crippen LogP contribution is -2.20. The molecule has 0 atom stereocenters. The first kappa shape index (κ1) is 20.2. The van der Waals surface area contributed by atoms with Crippen LogP contribution in [-0.2, 0) is 4.79 Å². The van der Waals surface area contributed by atoms with Gasteiger partial charge in [0.05, 0.1) is 9.93 Å². The Morgan fingerprint density at radius 1 is 1.21 bits per heavy atom. The summed E-state index contributed by atoms with van der Waals surface area (Å²) < 4.78 is 5.42. The molecule has 1 aliphatic heterocycles. The second-order valence-electron chi connectivity index (χ2n) is 5.58. The zero-order chi connectivity index (χ0) is 20.1. The number of amidine groups is 1. The Hall–Kier alpha value is -2.54. The van der Waals surface area contributed by atoms with Gasteiger partial charge in [0, 0.05) is 10.6 Å². The van der Waals surface area contributed by atoms with Gasteiger partial charge in [-0.15, -0.1) is 0 Å². The highest BCUT2D eigenvalue weighted by Gasteiger charge is 2.25. The van der Waals surface area contributed by atoms with E-state index in [1.165, 1.54) is 0 Å². The number of carbonyl (C=O) groups excluding carboxylic acids is 2. The summed E-state index contributed by atoms with van der Waals surface area (Å²) >= 11 is 13.1. The maximum atomic E-state index is 12.2. The largest absolute Gasteiger partial charge is 0.488 e. The molecule has 1 N–H and O–H groups in total. The Bertz CT molecular complexity index is 1000. The van der Waals surface area contributed by atoms with Gasteiger partial charge in [-0.2, -0.15) is 4.99 Å². The van der Waals surface area contributed by atoms with Gasteiger partial charge >= 0.3 is 0 Å². The van der Waals surface area contributed by atoms with Crippen LogP contribution in [0.1, 0.15) is 15.9 Å². The third kappa shape index (κ3) is 5.04. The summed E-state index contributed by atoms with van der Waals surface area (Å²) in [4.78, 5) is 28.7. The molecule has 1 heterocycles. The summed E-state index contributed by atoms with van der Waals surface area (Å²) in [5.74, 6) is -0.272. The summed E-state index contributed by atoms with van der Waals surface area (Å²) in [6.07, 6.45) is 3.29. The normalized spacial score (nSPS) is 16.3. The molecule has 0 spiro atoms. The van der Waals surface area contributed by atoms with Crippen LogP contribution in [0.5, 0.6) is 5.75 Å². The van der Waals surface area contributed by atoms with E-state index in [1.54, 1.807) is 54.6 Å². The molecule has 5 nitrogen and oxygen atoms in total. The third-order valence-electron chi connectivity index (χ3n) is 3.56. The highest BCUT2D eigenvalue weighted by atomic mass is 35.5. The van der Waals surface area contributed by atoms with Gasteiger partial charge in [-0.25, -0.2) is 0 Å². The van der Waals surface area contributed by atoms with Crippen LogP contribution in [0, 0.1) is 0 Å². The SMILES string of the molecule is C=CCOc1ccc(/C=C2\SC(=NC(=O)c3ccc(Cl)cc3)NC2=O)cc1Cl. The predicted molar refractivity (Wildman–Crippen MR) is 114 cm³/mol.